The Kier molecular flexibility index (Phi) is 14.0. The van der Waals surface area contributed by atoms with E-state index in [2.05, 4.69) is 16.6 Å². The lowest BCUT2D eigenvalue weighted by Crippen LogP contribution is -2.00. The molecule has 0 aliphatic heterocycles. The van der Waals surface area contributed by atoms with E-state index in [4.69, 9.17) is 17.3 Å². The second-order valence-electron chi connectivity index (χ2n) is 5.12. The lowest BCUT2D eigenvalue weighted by atomic mass is 10.1. The van der Waals surface area contributed by atoms with Crippen LogP contribution in [-0.2, 0) is 4.74 Å². The Morgan fingerprint density at radius 3 is 2.18 bits per heavy atom. The van der Waals surface area contributed by atoms with E-state index in [9.17, 15) is 4.79 Å². The molecule has 22 heavy (non-hydrogen) atoms. The molecule has 0 fully saturated rings. The normalized spacial score (nSPS) is 9.82. The maximum atomic E-state index is 10.8. The number of ether oxygens (including phenoxy) is 1. The molecule has 2 N–H and O–H groups in total. The Labute approximate surface area is 139 Å². The lowest BCUT2D eigenvalue weighted by Gasteiger charge is -1.99. The van der Waals surface area contributed by atoms with E-state index in [1.807, 2.05) is 0 Å². The first-order valence-electron chi connectivity index (χ1n) is 8.05. The minimum absolute atomic E-state index is 0.359. The van der Waals surface area contributed by atoms with E-state index in [-0.39, 0.29) is 0 Å². The summed E-state index contributed by atoms with van der Waals surface area (Å²) in [6.07, 6.45) is 12.3. The maximum Gasteiger partial charge on any atom is 0.339 e. The van der Waals surface area contributed by atoms with Crippen molar-refractivity contribution in [1.82, 2.24) is 4.98 Å². The molecule has 0 bridgehead atoms. The van der Waals surface area contributed by atoms with Gasteiger partial charge in [0, 0.05) is 6.20 Å². The predicted octanol–water partition coefficient (Wildman–Crippen LogP) is 4.61. The van der Waals surface area contributed by atoms with Gasteiger partial charge >= 0.3 is 5.97 Å². The van der Waals surface area contributed by atoms with Crippen molar-refractivity contribution in [3.05, 3.63) is 29.0 Å². The number of rotatable bonds is 9. The monoisotopic (exact) mass is 328 g/mol. The largest absolute Gasteiger partial charge is 0.465 e. The zero-order valence-corrected chi connectivity index (χ0v) is 14.6. The average molecular weight is 329 g/mol. The van der Waals surface area contributed by atoms with Crippen LogP contribution in [0.25, 0.3) is 0 Å². The van der Waals surface area contributed by atoms with Gasteiger partial charge < -0.3 is 10.5 Å². The van der Waals surface area contributed by atoms with Gasteiger partial charge in [-0.15, -0.1) is 0 Å². The summed E-state index contributed by atoms with van der Waals surface area (Å²) in [5.74, 6) is -0.408. The van der Waals surface area contributed by atoms with Crippen molar-refractivity contribution < 1.29 is 9.53 Å². The average Bonchev–Trinajstić information content (AvgIpc) is 2.55. The van der Waals surface area contributed by atoms with Gasteiger partial charge in [-0.1, -0.05) is 63.5 Å². The number of halogens is 1. The summed E-state index contributed by atoms with van der Waals surface area (Å²) in [7, 11) is 1.32. The molecule has 0 saturated carbocycles. The molecule has 0 atom stereocenters. The number of pyridine rings is 1. The van der Waals surface area contributed by atoms with E-state index in [0.29, 0.717) is 10.7 Å². The van der Waals surface area contributed by atoms with Crippen LogP contribution in [0.2, 0.25) is 5.15 Å². The molecule has 5 heteroatoms. The number of hydrogen-bond acceptors (Lipinski definition) is 4. The van der Waals surface area contributed by atoms with E-state index in [1.165, 1.54) is 70.7 Å². The molecule has 0 aliphatic rings. The third kappa shape index (κ3) is 11.5. The standard InChI is InChI=1S/C10H23N.C7H6ClNO2/c1-2-3-4-5-6-7-8-9-10-11;1-11-7(10)5-2-3-6(8)9-4-5/h2-11H2,1H3;2-4H,1H3. The lowest BCUT2D eigenvalue weighted by molar-refractivity contribution is 0.0600. The Morgan fingerprint density at radius 1 is 1.14 bits per heavy atom. The van der Waals surface area contributed by atoms with Gasteiger partial charge in [-0.05, 0) is 25.1 Å². The van der Waals surface area contributed by atoms with Crippen molar-refractivity contribution in [3.8, 4) is 0 Å². The molecule has 0 radical (unpaired) electrons. The van der Waals surface area contributed by atoms with Gasteiger partial charge in [0.05, 0.1) is 12.7 Å². The molecule has 0 unspecified atom stereocenters. The number of aromatic nitrogens is 1. The number of carbonyl (C=O) groups excluding carboxylic acids is 1. The first-order valence-corrected chi connectivity index (χ1v) is 8.43. The number of methoxy groups -OCH3 is 1. The molecule has 0 saturated heterocycles. The van der Waals surface area contributed by atoms with Crippen molar-refractivity contribution in [2.75, 3.05) is 13.7 Å². The van der Waals surface area contributed by atoms with Crippen LogP contribution in [0.1, 0.15) is 68.6 Å². The van der Waals surface area contributed by atoms with Crippen molar-refractivity contribution in [1.29, 1.82) is 0 Å². The molecule has 1 heterocycles. The van der Waals surface area contributed by atoms with Crippen molar-refractivity contribution in [2.45, 2.75) is 58.3 Å². The Hall–Kier alpha value is -1.13. The van der Waals surface area contributed by atoms with Gasteiger partial charge in [-0.3, -0.25) is 0 Å². The number of nitrogens with two attached hydrogens (primary N) is 1. The zero-order chi connectivity index (χ0) is 16.6. The van der Waals surface area contributed by atoms with Crippen LogP contribution in [0.3, 0.4) is 0 Å². The minimum Gasteiger partial charge on any atom is -0.465 e. The molecule has 0 spiro atoms. The van der Waals surface area contributed by atoms with Gasteiger partial charge in [0.2, 0.25) is 0 Å². The van der Waals surface area contributed by atoms with E-state index in [0.717, 1.165) is 6.54 Å². The molecular weight excluding hydrogens is 300 g/mol. The summed E-state index contributed by atoms with van der Waals surface area (Å²) in [5, 5.41) is 0.359. The Balaban J connectivity index is 0.000000401. The fourth-order valence-electron chi connectivity index (χ4n) is 1.89. The number of hydrogen-bond donors (Lipinski definition) is 1. The van der Waals surface area contributed by atoms with Crippen LogP contribution in [0.4, 0.5) is 0 Å². The van der Waals surface area contributed by atoms with Crippen LogP contribution in [0.5, 0.6) is 0 Å². The molecule has 0 amide bonds. The van der Waals surface area contributed by atoms with Gasteiger partial charge in [0.1, 0.15) is 5.15 Å². The van der Waals surface area contributed by atoms with E-state index in [1.54, 1.807) is 6.07 Å². The summed E-state index contributed by atoms with van der Waals surface area (Å²) in [6, 6.07) is 3.09. The number of unbranched alkanes of at least 4 members (excludes halogenated alkanes) is 7. The van der Waals surface area contributed by atoms with E-state index < -0.39 is 5.97 Å². The number of esters is 1. The van der Waals surface area contributed by atoms with Crippen LogP contribution in [0.15, 0.2) is 18.3 Å². The zero-order valence-electron chi connectivity index (χ0n) is 13.8. The van der Waals surface area contributed by atoms with Crippen molar-refractivity contribution in [2.24, 2.45) is 5.73 Å². The summed E-state index contributed by atoms with van der Waals surface area (Å²) in [5.41, 5.74) is 5.79. The highest BCUT2D eigenvalue weighted by molar-refractivity contribution is 6.29. The van der Waals surface area contributed by atoms with Gasteiger partial charge in [0.25, 0.3) is 0 Å². The van der Waals surface area contributed by atoms with Gasteiger partial charge in [-0.2, -0.15) is 0 Å². The molecule has 1 aromatic rings. The number of nitrogens with zero attached hydrogens (tertiary/aromatic N) is 1. The maximum absolute atomic E-state index is 10.8. The second kappa shape index (κ2) is 14.8. The fraction of sp³-hybridized carbons (Fsp3) is 0.647. The van der Waals surface area contributed by atoms with Crippen molar-refractivity contribution in [3.63, 3.8) is 0 Å². The molecular formula is C17H29ClN2O2. The van der Waals surface area contributed by atoms with Crippen LogP contribution in [-0.4, -0.2) is 24.6 Å². The van der Waals surface area contributed by atoms with Crippen LogP contribution in [0, 0.1) is 0 Å². The molecule has 1 rings (SSSR count). The van der Waals surface area contributed by atoms with Crippen LogP contribution >= 0.6 is 11.6 Å². The molecule has 126 valence electrons. The first kappa shape index (κ1) is 20.9. The van der Waals surface area contributed by atoms with Gasteiger partial charge in [0.15, 0.2) is 0 Å². The smallest absolute Gasteiger partial charge is 0.339 e. The minimum atomic E-state index is -0.408. The highest BCUT2D eigenvalue weighted by atomic mass is 35.5. The molecule has 4 nitrogen and oxygen atoms in total. The third-order valence-corrected chi connectivity index (χ3v) is 3.43. The Morgan fingerprint density at radius 2 is 1.73 bits per heavy atom. The fourth-order valence-corrected chi connectivity index (χ4v) is 2.00. The molecule has 0 aromatic carbocycles. The summed E-state index contributed by atoms with van der Waals surface area (Å²) in [6.45, 7) is 3.13. The SMILES string of the molecule is CCCCCCCCCCN.COC(=O)c1ccc(Cl)nc1. The highest BCUT2D eigenvalue weighted by Gasteiger charge is 2.03. The topological polar surface area (TPSA) is 65.2 Å². The highest BCUT2D eigenvalue weighted by Crippen LogP contribution is 2.07. The first-order chi connectivity index (χ1) is 10.7. The third-order valence-electron chi connectivity index (χ3n) is 3.21. The van der Waals surface area contributed by atoms with Crippen molar-refractivity contribution >= 4 is 17.6 Å². The van der Waals surface area contributed by atoms with Crippen LogP contribution < -0.4 is 5.73 Å². The van der Waals surface area contributed by atoms with Gasteiger partial charge in [-0.25, -0.2) is 9.78 Å². The number of carbonyl (C=O) groups is 1. The Bertz CT molecular complexity index is 375. The predicted molar refractivity (Wildman–Crippen MR) is 92.3 cm³/mol. The molecule has 1 aromatic heterocycles. The molecule has 0 aliphatic carbocycles. The summed E-state index contributed by atoms with van der Waals surface area (Å²) >= 11 is 5.50. The summed E-state index contributed by atoms with van der Waals surface area (Å²) in [4.78, 5) is 14.5. The second-order valence-corrected chi connectivity index (χ2v) is 5.51. The van der Waals surface area contributed by atoms with E-state index >= 15 is 0 Å². The summed E-state index contributed by atoms with van der Waals surface area (Å²) < 4.78 is 4.45. The quantitative estimate of drug-likeness (QED) is 0.408.